The highest BCUT2D eigenvalue weighted by atomic mass is 35.5. The first-order valence-corrected chi connectivity index (χ1v) is 9.99. The maximum Gasteiger partial charge on any atom is 0.154 e. The Labute approximate surface area is 114 Å². The summed E-state index contributed by atoms with van der Waals surface area (Å²) in [6, 6.07) is 1.15. The van der Waals surface area contributed by atoms with Crippen LogP contribution in [0.4, 0.5) is 0 Å². The molecule has 0 amide bonds. The van der Waals surface area contributed by atoms with Crippen LogP contribution < -0.4 is 5.32 Å². The molecule has 0 unspecified atom stereocenters. The Morgan fingerprint density at radius 1 is 1.44 bits per heavy atom. The van der Waals surface area contributed by atoms with Gasteiger partial charge in [0.15, 0.2) is 5.84 Å². The zero-order chi connectivity index (χ0) is 13.6. The average molecular weight is 286 g/mol. The molecule has 0 atom stereocenters. The number of rotatable bonds is 6. The molecule has 0 aromatic rings. The number of halogens is 1. The van der Waals surface area contributed by atoms with E-state index in [-0.39, 0.29) is 5.84 Å². The lowest BCUT2D eigenvalue weighted by molar-refractivity contribution is 0.137. The van der Waals surface area contributed by atoms with Gasteiger partial charge < -0.3 is 10.1 Å². The van der Waals surface area contributed by atoms with E-state index < -0.39 is 8.07 Å². The largest absolute Gasteiger partial charge is 0.368 e. The molecule has 1 aliphatic heterocycles. The molecule has 0 aromatic carbocycles. The van der Waals surface area contributed by atoms with E-state index in [1.807, 2.05) is 0 Å². The van der Waals surface area contributed by atoms with Gasteiger partial charge in [-0.05, 0) is 18.2 Å². The van der Waals surface area contributed by atoms with E-state index in [4.69, 9.17) is 21.7 Å². The highest BCUT2D eigenvalue weighted by molar-refractivity contribution is 6.76. The molecule has 2 N–H and O–H groups in total. The normalized spacial score (nSPS) is 18.1. The smallest absolute Gasteiger partial charge is 0.154 e. The Bertz CT molecular complexity index is 397. The van der Waals surface area contributed by atoms with Crippen molar-refractivity contribution in [3.8, 4) is 0 Å². The fourth-order valence-corrected chi connectivity index (χ4v) is 2.13. The Morgan fingerprint density at radius 2 is 2.17 bits per heavy atom. The second-order valence-corrected chi connectivity index (χ2v) is 11.3. The molecular weight excluding hydrogens is 266 g/mol. The molecule has 4 nitrogen and oxygen atoms in total. The highest BCUT2D eigenvalue weighted by Gasteiger charge is 2.11. The van der Waals surface area contributed by atoms with Gasteiger partial charge >= 0.3 is 0 Å². The second-order valence-electron chi connectivity index (χ2n) is 5.28. The summed E-state index contributed by atoms with van der Waals surface area (Å²) < 4.78 is 5.48. The van der Waals surface area contributed by atoms with Crippen LogP contribution in [-0.4, -0.2) is 32.4 Å². The standard InChI is InChI=1S/C12H20ClN3OSi/c1-18(2,3)7-6-17-9-15-8-10-4-5-11(13)16-12(10)14/h4-5,8,14-15H,6-7,9H2,1-3H3/b10-8-,14-12?. The number of allylic oxidation sites excluding steroid dienone is 1. The minimum absolute atomic E-state index is 0.164. The summed E-state index contributed by atoms with van der Waals surface area (Å²) in [5, 5.41) is 11.0. The fourth-order valence-electron chi connectivity index (χ4n) is 1.22. The van der Waals surface area contributed by atoms with Crippen LogP contribution in [0.2, 0.25) is 25.7 Å². The lowest BCUT2D eigenvalue weighted by Crippen LogP contribution is -2.23. The van der Waals surface area contributed by atoms with E-state index in [9.17, 15) is 0 Å². The first kappa shape index (κ1) is 15.1. The predicted molar refractivity (Wildman–Crippen MR) is 80.3 cm³/mol. The maximum atomic E-state index is 7.61. The van der Waals surface area contributed by atoms with Gasteiger partial charge in [0.25, 0.3) is 0 Å². The monoisotopic (exact) mass is 285 g/mol. The molecule has 0 spiro atoms. The third kappa shape index (κ3) is 6.14. The lowest BCUT2D eigenvalue weighted by atomic mass is 10.2. The van der Waals surface area contributed by atoms with Crippen molar-refractivity contribution >= 4 is 30.7 Å². The molecule has 1 rings (SSSR count). The Balaban J connectivity index is 2.22. The molecule has 0 saturated heterocycles. The van der Waals surface area contributed by atoms with Crippen LogP contribution in [0.5, 0.6) is 0 Å². The lowest BCUT2D eigenvalue weighted by Gasteiger charge is -2.15. The van der Waals surface area contributed by atoms with Crippen LogP contribution in [0.3, 0.4) is 0 Å². The minimum atomic E-state index is -1.01. The molecule has 0 radical (unpaired) electrons. The van der Waals surface area contributed by atoms with Gasteiger partial charge in [0.05, 0.1) is 0 Å². The quantitative estimate of drug-likeness (QED) is 0.448. The summed E-state index contributed by atoms with van der Waals surface area (Å²) in [4.78, 5) is 3.85. The highest BCUT2D eigenvalue weighted by Crippen LogP contribution is 2.09. The van der Waals surface area contributed by atoms with E-state index >= 15 is 0 Å². The Kier molecular flexibility index (Phi) is 5.78. The summed E-state index contributed by atoms with van der Waals surface area (Å²) in [5.41, 5.74) is 0.702. The third-order valence-corrected chi connectivity index (χ3v) is 4.25. The minimum Gasteiger partial charge on any atom is -0.368 e. The number of dihydropyridines is 1. The first-order chi connectivity index (χ1) is 8.38. The van der Waals surface area contributed by atoms with Gasteiger partial charge in [0.1, 0.15) is 11.9 Å². The maximum absolute atomic E-state index is 7.61. The number of hydrogen-bond acceptors (Lipinski definition) is 3. The molecule has 0 saturated carbocycles. The molecule has 100 valence electrons. The molecule has 6 heteroatoms. The van der Waals surface area contributed by atoms with Gasteiger partial charge in [0.2, 0.25) is 0 Å². The van der Waals surface area contributed by atoms with Crippen LogP contribution in [0.25, 0.3) is 0 Å². The van der Waals surface area contributed by atoms with Crippen molar-refractivity contribution < 1.29 is 4.74 Å². The van der Waals surface area contributed by atoms with Crippen LogP contribution in [0, 0.1) is 5.41 Å². The molecule has 0 fully saturated rings. The van der Waals surface area contributed by atoms with Gasteiger partial charge in [-0.25, -0.2) is 4.99 Å². The molecule has 1 aliphatic rings. The predicted octanol–water partition coefficient (Wildman–Crippen LogP) is 2.96. The first-order valence-electron chi connectivity index (χ1n) is 5.91. The topological polar surface area (TPSA) is 57.5 Å². The second kappa shape index (κ2) is 6.87. The SMILES string of the molecule is C[Si](C)(C)CCOCN/C=C1/C=CC(Cl)=NC1=N. The summed E-state index contributed by atoms with van der Waals surface area (Å²) in [5.74, 6) is 0.164. The van der Waals surface area contributed by atoms with Gasteiger partial charge in [-0.1, -0.05) is 31.2 Å². The van der Waals surface area contributed by atoms with Crippen molar-refractivity contribution in [2.75, 3.05) is 13.3 Å². The van der Waals surface area contributed by atoms with Crippen molar-refractivity contribution in [2.45, 2.75) is 25.7 Å². The molecular formula is C12H20ClN3OSi. The van der Waals surface area contributed by atoms with Crippen LogP contribution in [-0.2, 0) is 4.74 Å². The van der Waals surface area contributed by atoms with Gasteiger partial charge in [-0.3, -0.25) is 5.41 Å². The fraction of sp³-hybridized carbons (Fsp3) is 0.500. The number of nitrogens with one attached hydrogen (secondary N) is 2. The van der Waals surface area contributed by atoms with Gasteiger partial charge in [0, 0.05) is 26.5 Å². The molecule has 0 bridgehead atoms. The zero-order valence-corrected chi connectivity index (χ0v) is 12.8. The van der Waals surface area contributed by atoms with E-state index in [0.29, 0.717) is 17.5 Å². The molecule has 1 heterocycles. The van der Waals surface area contributed by atoms with E-state index in [1.54, 1.807) is 18.4 Å². The summed E-state index contributed by atoms with van der Waals surface area (Å²) in [6.45, 7) is 8.20. The van der Waals surface area contributed by atoms with Crippen molar-refractivity contribution in [2.24, 2.45) is 4.99 Å². The van der Waals surface area contributed by atoms with Crippen LogP contribution in [0.15, 0.2) is 28.9 Å². The van der Waals surface area contributed by atoms with Crippen LogP contribution >= 0.6 is 11.6 Å². The summed E-state index contributed by atoms with van der Waals surface area (Å²) in [7, 11) is -1.01. The van der Waals surface area contributed by atoms with E-state index in [2.05, 4.69) is 30.0 Å². The van der Waals surface area contributed by atoms with Crippen molar-refractivity contribution in [3.63, 3.8) is 0 Å². The van der Waals surface area contributed by atoms with Gasteiger partial charge in [-0.2, -0.15) is 0 Å². The summed E-state index contributed by atoms with van der Waals surface area (Å²) in [6.07, 6.45) is 5.14. The van der Waals surface area contributed by atoms with E-state index in [0.717, 1.165) is 12.7 Å². The molecule has 18 heavy (non-hydrogen) atoms. The van der Waals surface area contributed by atoms with Crippen molar-refractivity contribution in [3.05, 3.63) is 23.9 Å². The Hall–Kier alpha value is -0.913. The molecule has 0 aliphatic carbocycles. The third-order valence-electron chi connectivity index (χ3n) is 2.33. The Morgan fingerprint density at radius 3 is 2.78 bits per heavy atom. The average Bonchev–Trinajstić information content (AvgIpc) is 2.24. The van der Waals surface area contributed by atoms with Gasteiger partial charge in [-0.15, -0.1) is 0 Å². The van der Waals surface area contributed by atoms with Crippen molar-refractivity contribution in [1.82, 2.24) is 5.32 Å². The van der Waals surface area contributed by atoms with E-state index in [1.165, 1.54) is 0 Å². The zero-order valence-electron chi connectivity index (χ0n) is 11.1. The number of ether oxygens (including phenoxy) is 1. The summed E-state index contributed by atoms with van der Waals surface area (Å²) >= 11 is 5.68. The van der Waals surface area contributed by atoms with Crippen LogP contribution in [0.1, 0.15) is 0 Å². The number of amidine groups is 1. The number of hydrogen-bond donors (Lipinski definition) is 2. The molecule has 0 aromatic heterocycles. The number of nitrogens with zero attached hydrogens (tertiary/aromatic N) is 1. The number of aliphatic imine (C=N–C) groups is 1. The van der Waals surface area contributed by atoms with Crippen molar-refractivity contribution in [1.29, 1.82) is 5.41 Å².